The van der Waals surface area contributed by atoms with Crippen molar-refractivity contribution >= 4 is 23.3 Å². The lowest BCUT2D eigenvalue weighted by Crippen LogP contribution is -2.32. The average molecular weight is 291 g/mol. The summed E-state index contributed by atoms with van der Waals surface area (Å²) in [5, 5.41) is 5.98. The van der Waals surface area contributed by atoms with Gasteiger partial charge < -0.3 is 15.4 Å². The molecule has 0 atom stereocenters. The van der Waals surface area contributed by atoms with Crippen molar-refractivity contribution < 1.29 is 9.53 Å². The summed E-state index contributed by atoms with van der Waals surface area (Å²) < 4.78 is 5.36. The fourth-order valence-corrected chi connectivity index (χ4v) is 1.74. The molecule has 2 aromatic carbocycles. The Bertz CT molecular complexity index is 585. The molecular formula is C15H15ClN2O2. The third-order valence-corrected chi connectivity index (χ3v) is 2.81. The first-order chi connectivity index (χ1) is 9.63. The highest BCUT2D eigenvalue weighted by Crippen LogP contribution is 2.15. The van der Waals surface area contributed by atoms with Crippen LogP contribution in [0.2, 0.25) is 5.02 Å². The second kappa shape index (κ2) is 6.82. The molecule has 0 unspecified atom stereocenters. The largest absolute Gasteiger partial charge is 0.473 e. The van der Waals surface area contributed by atoms with Gasteiger partial charge in [-0.3, -0.25) is 0 Å². The molecule has 0 saturated heterocycles. The molecular weight excluding hydrogens is 276 g/mol. The van der Waals surface area contributed by atoms with Crippen molar-refractivity contribution in [3.05, 3.63) is 59.1 Å². The maximum atomic E-state index is 11.6. The van der Waals surface area contributed by atoms with Gasteiger partial charge in [-0.15, -0.1) is 0 Å². The summed E-state index contributed by atoms with van der Waals surface area (Å²) in [6.07, 6.45) is 0. The van der Waals surface area contributed by atoms with Gasteiger partial charge in [-0.25, -0.2) is 4.79 Å². The summed E-state index contributed by atoms with van der Waals surface area (Å²) in [6, 6.07) is 14.2. The van der Waals surface area contributed by atoms with Crippen LogP contribution in [0.15, 0.2) is 48.5 Å². The summed E-state index contributed by atoms with van der Waals surface area (Å²) in [4.78, 5) is 11.6. The Balaban J connectivity index is 1.76. The third-order valence-electron chi connectivity index (χ3n) is 2.56. The molecule has 0 heterocycles. The van der Waals surface area contributed by atoms with E-state index in [2.05, 4.69) is 10.6 Å². The number of carbonyl (C=O) groups excluding carboxylic acids is 1. The second-order valence-electron chi connectivity index (χ2n) is 4.24. The van der Waals surface area contributed by atoms with Crippen LogP contribution in [0.25, 0.3) is 0 Å². The monoisotopic (exact) mass is 290 g/mol. The Morgan fingerprint density at radius 3 is 2.65 bits per heavy atom. The van der Waals surface area contributed by atoms with Gasteiger partial charge in [0.15, 0.2) is 6.73 Å². The van der Waals surface area contributed by atoms with E-state index >= 15 is 0 Å². The van der Waals surface area contributed by atoms with E-state index in [4.69, 9.17) is 16.3 Å². The molecule has 2 amide bonds. The van der Waals surface area contributed by atoms with Crippen molar-refractivity contribution in [2.24, 2.45) is 0 Å². The molecule has 0 spiro atoms. The SMILES string of the molecule is Cc1cccc(NC(=O)NCOc2ccc(Cl)cc2)c1. The predicted molar refractivity (Wildman–Crippen MR) is 80.3 cm³/mol. The zero-order chi connectivity index (χ0) is 14.4. The second-order valence-corrected chi connectivity index (χ2v) is 4.68. The van der Waals surface area contributed by atoms with Gasteiger partial charge in [0.05, 0.1) is 0 Å². The van der Waals surface area contributed by atoms with Gasteiger partial charge in [0.2, 0.25) is 0 Å². The average Bonchev–Trinajstić information content (AvgIpc) is 2.41. The summed E-state index contributed by atoms with van der Waals surface area (Å²) in [5.74, 6) is 0.644. The molecule has 0 radical (unpaired) electrons. The van der Waals surface area contributed by atoms with E-state index in [0.29, 0.717) is 10.8 Å². The fraction of sp³-hybridized carbons (Fsp3) is 0.133. The number of hydrogen-bond donors (Lipinski definition) is 2. The van der Waals surface area contributed by atoms with Crippen molar-refractivity contribution in [2.45, 2.75) is 6.92 Å². The zero-order valence-corrected chi connectivity index (χ0v) is 11.8. The lowest BCUT2D eigenvalue weighted by molar-refractivity contribution is 0.234. The number of anilines is 1. The predicted octanol–water partition coefficient (Wildman–Crippen LogP) is 3.81. The first kappa shape index (κ1) is 14.2. The number of amides is 2. The highest BCUT2D eigenvalue weighted by Gasteiger charge is 2.01. The number of hydrogen-bond acceptors (Lipinski definition) is 2. The molecule has 0 saturated carbocycles. The van der Waals surface area contributed by atoms with Crippen LogP contribution in [0.1, 0.15) is 5.56 Å². The van der Waals surface area contributed by atoms with Gasteiger partial charge in [-0.2, -0.15) is 0 Å². The summed E-state index contributed by atoms with van der Waals surface area (Å²) in [6.45, 7) is 2.05. The van der Waals surface area contributed by atoms with E-state index < -0.39 is 0 Å². The number of urea groups is 1. The molecule has 4 nitrogen and oxygen atoms in total. The van der Waals surface area contributed by atoms with Crippen molar-refractivity contribution in [2.75, 3.05) is 12.0 Å². The number of carbonyl (C=O) groups is 1. The Hall–Kier alpha value is -2.20. The molecule has 2 N–H and O–H groups in total. The maximum absolute atomic E-state index is 11.6. The first-order valence-electron chi connectivity index (χ1n) is 6.13. The van der Waals surface area contributed by atoms with Crippen LogP contribution in [-0.4, -0.2) is 12.8 Å². The van der Waals surface area contributed by atoms with E-state index in [1.54, 1.807) is 24.3 Å². The molecule has 5 heteroatoms. The molecule has 2 aromatic rings. The molecule has 0 bridgehead atoms. The molecule has 104 valence electrons. The molecule has 0 aliphatic heterocycles. The van der Waals surface area contributed by atoms with Gasteiger partial charge in [0.1, 0.15) is 5.75 Å². The summed E-state index contributed by atoms with van der Waals surface area (Å²) in [5.41, 5.74) is 1.83. The number of halogens is 1. The van der Waals surface area contributed by atoms with Crippen LogP contribution in [0, 0.1) is 6.92 Å². The fourth-order valence-electron chi connectivity index (χ4n) is 1.61. The standard InChI is InChI=1S/C15H15ClN2O2/c1-11-3-2-4-13(9-11)18-15(19)17-10-20-14-7-5-12(16)6-8-14/h2-9H,10H2,1H3,(H2,17,18,19). The van der Waals surface area contributed by atoms with Gasteiger partial charge in [0, 0.05) is 10.7 Å². The maximum Gasteiger partial charge on any atom is 0.321 e. The minimum Gasteiger partial charge on any atom is -0.473 e. The van der Waals surface area contributed by atoms with E-state index in [-0.39, 0.29) is 12.8 Å². The van der Waals surface area contributed by atoms with Gasteiger partial charge >= 0.3 is 6.03 Å². The van der Waals surface area contributed by atoms with E-state index in [1.165, 1.54) is 0 Å². The number of ether oxygens (including phenoxy) is 1. The molecule has 20 heavy (non-hydrogen) atoms. The topological polar surface area (TPSA) is 50.4 Å². The number of benzene rings is 2. The highest BCUT2D eigenvalue weighted by molar-refractivity contribution is 6.30. The van der Waals surface area contributed by atoms with Crippen molar-refractivity contribution in [3.63, 3.8) is 0 Å². The van der Waals surface area contributed by atoms with Crippen LogP contribution in [0.4, 0.5) is 10.5 Å². The number of aryl methyl sites for hydroxylation is 1. The van der Waals surface area contributed by atoms with Gasteiger partial charge in [-0.1, -0.05) is 23.7 Å². The van der Waals surface area contributed by atoms with E-state index in [0.717, 1.165) is 11.3 Å². The first-order valence-corrected chi connectivity index (χ1v) is 6.51. The highest BCUT2D eigenvalue weighted by atomic mass is 35.5. The van der Waals surface area contributed by atoms with Crippen LogP contribution in [0.5, 0.6) is 5.75 Å². The Kier molecular flexibility index (Phi) is 4.85. The van der Waals surface area contributed by atoms with Crippen LogP contribution >= 0.6 is 11.6 Å². The summed E-state index contributed by atoms with van der Waals surface area (Å²) >= 11 is 5.76. The molecule has 0 aromatic heterocycles. The zero-order valence-electron chi connectivity index (χ0n) is 11.0. The van der Waals surface area contributed by atoms with Crippen molar-refractivity contribution in [1.29, 1.82) is 0 Å². The van der Waals surface area contributed by atoms with Gasteiger partial charge in [0.25, 0.3) is 0 Å². The Morgan fingerprint density at radius 2 is 1.95 bits per heavy atom. The number of nitrogens with one attached hydrogen (secondary N) is 2. The lowest BCUT2D eigenvalue weighted by atomic mass is 10.2. The minimum atomic E-state index is -0.315. The lowest BCUT2D eigenvalue weighted by Gasteiger charge is -2.09. The quantitative estimate of drug-likeness (QED) is 0.841. The molecule has 0 aliphatic carbocycles. The molecule has 0 fully saturated rings. The minimum absolute atomic E-state index is 0.0826. The number of rotatable bonds is 4. The third kappa shape index (κ3) is 4.48. The Labute approximate surface area is 122 Å². The van der Waals surface area contributed by atoms with Gasteiger partial charge in [-0.05, 0) is 48.9 Å². The Morgan fingerprint density at radius 1 is 1.20 bits per heavy atom. The molecule has 0 aliphatic rings. The van der Waals surface area contributed by atoms with Crippen molar-refractivity contribution in [3.8, 4) is 5.75 Å². The normalized spacial score (nSPS) is 9.90. The van der Waals surface area contributed by atoms with E-state index in [1.807, 2.05) is 31.2 Å². The van der Waals surface area contributed by atoms with E-state index in [9.17, 15) is 4.79 Å². The summed E-state index contributed by atoms with van der Waals surface area (Å²) in [7, 11) is 0. The van der Waals surface area contributed by atoms with Crippen molar-refractivity contribution in [1.82, 2.24) is 5.32 Å². The van der Waals surface area contributed by atoms with Crippen LogP contribution in [-0.2, 0) is 0 Å². The smallest absolute Gasteiger partial charge is 0.321 e. The van der Waals surface area contributed by atoms with Crippen LogP contribution in [0.3, 0.4) is 0 Å². The molecule has 2 rings (SSSR count). The van der Waals surface area contributed by atoms with Crippen LogP contribution < -0.4 is 15.4 Å².